The number of rotatable bonds is 5. The fourth-order valence-corrected chi connectivity index (χ4v) is 1.91. The molecule has 3 heteroatoms. The van der Waals surface area contributed by atoms with Crippen LogP contribution in [0.2, 0.25) is 0 Å². The van der Waals surface area contributed by atoms with Gasteiger partial charge in [-0.05, 0) is 35.4 Å². The molecule has 1 heterocycles. The van der Waals surface area contributed by atoms with Crippen molar-refractivity contribution >= 4 is 16.6 Å². The van der Waals surface area contributed by atoms with Gasteiger partial charge in [0.25, 0.3) is 0 Å². The van der Waals surface area contributed by atoms with Crippen LogP contribution in [-0.2, 0) is 0 Å². The molecule has 0 saturated carbocycles. The van der Waals surface area contributed by atoms with Crippen LogP contribution in [0, 0.1) is 11.8 Å². The predicted molar refractivity (Wildman–Crippen MR) is 80.8 cm³/mol. The van der Waals surface area contributed by atoms with Gasteiger partial charge in [0.2, 0.25) is 0 Å². The summed E-state index contributed by atoms with van der Waals surface area (Å²) in [5, 5.41) is 5.74. The first-order valence-corrected chi connectivity index (χ1v) is 6.78. The van der Waals surface area contributed by atoms with Crippen molar-refractivity contribution in [2.75, 3.05) is 19.0 Å². The molecular formula is C16H22N2O. The average molecular weight is 258 g/mol. The van der Waals surface area contributed by atoms with Crippen molar-refractivity contribution < 1.29 is 4.74 Å². The molecule has 1 aromatic carbocycles. The molecule has 102 valence electrons. The van der Waals surface area contributed by atoms with Gasteiger partial charge in [-0.15, -0.1) is 0 Å². The summed E-state index contributed by atoms with van der Waals surface area (Å²) in [5.74, 6) is 3.07. The molecule has 1 N–H and O–H groups in total. The molecule has 3 nitrogen and oxygen atoms in total. The summed E-state index contributed by atoms with van der Waals surface area (Å²) in [7, 11) is 1.69. The van der Waals surface area contributed by atoms with Crippen LogP contribution in [0.3, 0.4) is 0 Å². The third-order valence-electron chi connectivity index (χ3n) is 3.70. The number of anilines is 1. The number of aromatic nitrogens is 1. The minimum Gasteiger partial charge on any atom is -0.497 e. The highest BCUT2D eigenvalue weighted by Crippen LogP contribution is 2.26. The van der Waals surface area contributed by atoms with E-state index < -0.39 is 0 Å². The largest absolute Gasteiger partial charge is 0.497 e. The van der Waals surface area contributed by atoms with E-state index in [4.69, 9.17) is 4.74 Å². The third-order valence-corrected chi connectivity index (χ3v) is 3.70. The molecule has 0 bridgehead atoms. The first kappa shape index (κ1) is 13.7. The van der Waals surface area contributed by atoms with E-state index in [2.05, 4.69) is 37.1 Å². The van der Waals surface area contributed by atoms with Gasteiger partial charge in [-0.1, -0.05) is 26.8 Å². The third kappa shape index (κ3) is 3.16. The molecule has 19 heavy (non-hydrogen) atoms. The second kappa shape index (κ2) is 5.91. The molecule has 0 aliphatic carbocycles. The minimum atomic E-state index is 0.614. The molecule has 2 rings (SSSR count). The van der Waals surface area contributed by atoms with E-state index in [9.17, 15) is 0 Å². The van der Waals surface area contributed by atoms with Gasteiger partial charge in [-0.25, -0.2) is 4.98 Å². The van der Waals surface area contributed by atoms with Gasteiger partial charge in [0, 0.05) is 18.1 Å². The number of methoxy groups -OCH3 is 1. The second-order valence-electron chi connectivity index (χ2n) is 5.35. The van der Waals surface area contributed by atoms with Crippen LogP contribution < -0.4 is 10.1 Å². The van der Waals surface area contributed by atoms with Crippen LogP contribution in [0.1, 0.15) is 20.8 Å². The number of hydrogen-bond acceptors (Lipinski definition) is 3. The van der Waals surface area contributed by atoms with Crippen molar-refractivity contribution in [3.63, 3.8) is 0 Å². The molecule has 0 spiro atoms. The van der Waals surface area contributed by atoms with Crippen molar-refractivity contribution in [3.05, 3.63) is 30.5 Å². The molecule has 1 aromatic heterocycles. The van der Waals surface area contributed by atoms with Gasteiger partial charge in [-0.2, -0.15) is 0 Å². The molecule has 0 aliphatic rings. The lowest BCUT2D eigenvalue weighted by Crippen LogP contribution is -2.16. The minimum absolute atomic E-state index is 0.614. The van der Waals surface area contributed by atoms with Gasteiger partial charge >= 0.3 is 0 Å². The van der Waals surface area contributed by atoms with Crippen LogP contribution in [0.5, 0.6) is 5.75 Å². The molecule has 0 aliphatic heterocycles. The molecule has 2 aromatic rings. The van der Waals surface area contributed by atoms with Crippen molar-refractivity contribution in [3.8, 4) is 5.75 Å². The molecular weight excluding hydrogens is 236 g/mol. The van der Waals surface area contributed by atoms with Crippen molar-refractivity contribution in [2.24, 2.45) is 11.8 Å². The predicted octanol–water partition coefficient (Wildman–Crippen LogP) is 3.95. The number of nitrogens with one attached hydrogen (secondary N) is 1. The Labute approximate surface area is 115 Å². The highest BCUT2D eigenvalue weighted by atomic mass is 16.5. The Morgan fingerprint density at radius 2 is 2.00 bits per heavy atom. The normalized spacial score (nSPS) is 12.7. The maximum absolute atomic E-state index is 5.29. The molecule has 0 fully saturated rings. The molecule has 0 radical (unpaired) electrons. The Hall–Kier alpha value is -1.77. The Bertz CT molecular complexity index is 551. The van der Waals surface area contributed by atoms with E-state index in [0.29, 0.717) is 11.8 Å². The molecule has 0 saturated heterocycles. The van der Waals surface area contributed by atoms with E-state index in [1.807, 2.05) is 24.4 Å². The van der Waals surface area contributed by atoms with Gasteiger partial charge in [-0.3, -0.25) is 0 Å². The fourth-order valence-electron chi connectivity index (χ4n) is 1.91. The molecule has 1 unspecified atom stereocenters. The topological polar surface area (TPSA) is 34.1 Å². The first-order valence-electron chi connectivity index (χ1n) is 6.78. The number of fused-ring (bicyclic) bond motifs is 1. The number of hydrogen-bond donors (Lipinski definition) is 1. The fraction of sp³-hybridized carbons (Fsp3) is 0.438. The van der Waals surface area contributed by atoms with E-state index >= 15 is 0 Å². The monoisotopic (exact) mass is 258 g/mol. The van der Waals surface area contributed by atoms with E-state index in [0.717, 1.165) is 23.5 Å². The second-order valence-corrected chi connectivity index (χ2v) is 5.35. The zero-order valence-corrected chi connectivity index (χ0v) is 12.1. The number of pyridine rings is 1. The summed E-state index contributed by atoms with van der Waals surface area (Å²) < 4.78 is 5.29. The Balaban J connectivity index is 2.27. The van der Waals surface area contributed by atoms with Gasteiger partial charge in [0.05, 0.1) is 7.11 Å². The average Bonchev–Trinajstić information content (AvgIpc) is 2.43. The number of benzene rings is 1. The van der Waals surface area contributed by atoms with Crippen molar-refractivity contribution in [2.45, 2.75) is 20.8 Å². The van der Waals surface area contributed by atoms with Crippen LogP contribution in [0.15, 0.2) is 30.5 Å². The highest BCUT2D eigenvalue weighted by Gasteiger charge is 2.09. The highest BCUT2D eigenvalue weighted by molar-refractivity contribution is 5.92. The van der Waals surface area contributed by atoms with Gasteiger partial charge in [0.15, 0.2) is 0 Å². The lowest BCUT2D eigenvalue weighted by atomic mass is 9.98. The summed E-state index contributed by atoms with van der Waals surface area (Å²) in [5.41, 5.74) is 0. The van der Waals surface area contributed by atoms with Crippen LogP contribution in [0.25, 0.3) is 10.8 Å². The maximum atomic E-state index is 5.29. The summed E-state index contributed by atoms with van der Waals surface area (Å²) in [6.45, 7) is 7.67. The summed E-state index contributed by atoms with van der Waals surface area (Å²) >= 11 is 0. The van der Waals surface area contributed by atoms with E-state index in [-0.39, 0.29) is 0 Å². The van der Waals surface area contributed by atoms with Crippen molar-refractivity contribution in [1.29, 1.82) is 0 Å². The van der Waals surface area contributed by atoms with E-state index in [1.54, 1.807) is 7.11 Å². The maximum Gasteiger partial charge on any atom is 0.133 e. The van der Waals surface area contributed by atoms with E-state index in [1.165, 1.54) is 5.39 Å². The van der Waals surface area contributed by atoms with Crippen LogP contribution in [0.4, 0.5) is 5.82 Å². The number of nitrogens with zero attached hydrogens (tertiary/aromatic N) is 1. The summed E-state index contributed by atoms with van der Waals surface area (Å²) in [4.78, 5) is 4.45. The smallest absolute Gasteiger partial charge is 0.133 e. The SMILES string of the molecule is COc1ccc2ccnc(NCC(C)C(C)C)c2c1. The summed E-state index contributed by atoms with van der Waals surface area (Å²) in [6.07, 6.45) is 1.84. The van der Waals surface area contributed by atoms with Gasteiger partial charge in [0.1, 0.15) is 11.6 Å². The zero-order chi connectivity index (χ0) is 13.8. The quantitative estimate of drug-likeness (QED) is 0.881. The summed E-state index contributed by atoms with van der Waals surface area (Å²) in [6, 6.07) is 8.09. The molecule has 1 atom stereocenters. The molecule has 0 amide bonds. The van der Waals surface area contributed by atoms with Gasteiger partial charge < -0.3 is 10.1 Å². The van der Waals surface area contributed by atoms with Crippen molar-refractivity contribution in [1.82, 2.24) is 4.98 Å². The Morgan fingerprint density at radius 3 is 2.68 bits per heavy atom. The lowest BCUT2D eigenvalue weighted by molar-refractivity contribution is 0.415. The Morgan fingerprint density at radius 1 is 1.21 bits per heavy atom. The standard InChI is InChI=1S/C16H22N2O/c1-11(2)12(3)10-18-16-15-9-14(19-4)6-5-13(15)7-8-17-16/h5-9,11-12H,10H2,1-4H3,(H,17,18). The number of ether oxygens (including phenoxy) is 1. The first-order chi connectivity index (χ1) is 9.11. The van der Waals surface area contributed by atoms with Crippen LogP contribution >= 0.6 is 0 Å². The Kier molecular flexibility index (Phi) is 4.25. The van der Waals surface area contributed by atoms with Crippen LogP contribution in [-0.4, -0.2) is 18.6 Å². The lowest BCUT2D eigenvalue weighted by Gasteiger charge is -2.17. The zero-order valence-electron chi connectivity index (χ0n) is 12.1.